The maximum atomic E-state index is 6.11. The highest BCUT2D eigenvalue weighted by atomic mass is 127. The van der Waals surface area contributed by atoms with Gasteiger partial charge in [0.15, 0.2) is 5.96 Å². The Morgan fingerprint density at radius 3 is 2.81 bits per heavy atom. The number of aromatic nitrogens is 1. The molecule has 1 unspecified atom stereocenters. The van der Waals surface area contributed by atoms with Gasteiger partial charge in [-0.15, -0.1) is 24.0 Å². The summed E-state index contributed by atoms with van der Waals surface area (Å²) in [5.74, 6) is 1.58. The van der Waals surface area contributed by atoms with Crippen LogP contribution in [0.3, 0.4) is 0 Å². The number of anilines is 1. The molecule has 3 rings (SSSR count). The number of piperazine rings is 1. The van der Waals surface area contributed by atoms with Crippen LogP contribution < -0.4 is 16.0 Å². The molecular weight excluding hydrogens is 453 g/mol. The Morgan fingerprint density at radius 2 is 2.07 bits per heavy atom. The Kier molecular flexibility index (Phi) is 9.04. The molecule has 2 aliphatic rings. The Morgan fingerprint density at radius 1 is 1.30 bits per heavy atom. The predicted octanol–water partition coefficient (Wildman–Crippen LogP) is 1.34. The van der Waals surface area contributed by atoms with Crippen LogP contribution in [0.4, 0.5) is 5.82 Å². The lowest BCUT2D eigenvalue weighted by molar-refractivity contribution is 0.267. The number of aliphatic imine (C=N–C) groups is 1. The molecule has 0 spiro atoms. The highest BCUT2D eigenvalue weighted by molar-refractivity contribution is 14.0. The summed E-state index contributed by atoms with van der Waals surface area (Å²) >= 11 is 0. The highest BCUT2D eigenvalue weighted by Gasteiger charge is 2.22. The van der Waals surface area contributed by atoms with Gasteiger partial charge >= 0.3 is 0 Å². The molecule has 8 heteroatoms. The van der Waals surface area contributed by atoms with E-state index in [2.05, 4.69) is 50.0 Å². The zero-order chi connectivity index (χ0) is 18.4. The first kappa shape index (κ1) is 22.2. The van der Waals surface area contributed by atoms with E-state index in [0.29, 0.717) is 18.5 Å². The average molecular weight is 487 g/mol. The number of rotatable bonds is 6. The van der Waals surface area contributed by atoms with Gasteiger partial charge in [-0.3, -0.25) is 4.90 Å². The Balaban J connectivity index is 0.00000261. The first-order valence-electron chi connectivity index (χ1n) is 9.82. The van der Waals surface area contributed by atoms with Crippen molar-refractivity contribution in [3.8, 4) is 0 Å². The van der Waals surface area contributed by atoms with Crippen LogP contribution in [0.25, 0.3) is 0 Å². The van der Waals surface area contributed by atoms with Crippen molar-refractivity contribution >= 4 is 35.8 Å². The van der Waals surface area contributed by atoms with E-state index < -0.39 is 0 Å². The van der Waals surface area contributed by atoms with Crippen molar-refractivity contribution in [3.05, 3.63) is 23.9 Å². The molecule has 0 saturated carbocycles. The second-order valence-corrected chi connectivity index (χ2v) is 7.28. The van der Waals surface area contributed by atoms with E-state index in [1.54, 1.807) is 0 Å². The first-order chi connectivity index (χ1) is 12.7. The quantitative estimate of drug-likeness (QED) is 0.359. The van der Waals surface area contributed by atoms with Gasteiger partial charge in [0.25, 0.3) is 0 Å². The Bertz CT molecular complexity index is 601. The molecule has 27 heavy (non-hydrogen) atoms. The fourth-order valence-corrected chi connectivity index (χ4v) is 3.85. The standard InChI is InChI=1S/C19H33N7.HI/c1-3-25-9-5-7-17(25)15-23-19(20)22-14-16-6-4-8-21-18(16)26-12-10-24(2)11-13-26;/h4,6,8,17H,3,5,7,9-15H2,1-2H3,(H3,20,22,23);1H. The number of hydrogen-bond donors (Lipinski definition) is 2. The molecule has 3 heterocycles. The zero-order valence-electron chi connectivity index (χ0n) is 16.6. The summed E-state index contributed by atoms with van der Waals surface area (Å²) in [5, 5.41) is 3.31. The molecule has 1 atom stereocenters. The molecule has 2 saturated heterocycles. The molecule has 2 aliphatic heterocycles. The van der Waals surface area contributed by atoms with Crippen molar-refractivity contribution in [2.45, 2.75) is 32.4 Å². The smallest absolute Gasteiger partial charge is 0.188 e. The van der Waals surface area contributed by atoms with Crippen LogP contribution in [0.2, 0.25) is 0 Å². The summed E-state index contributed by atoms with van der Waals surface area (Å²) in [6, 6.07) is 4.66. The van der Waals surface area contributed by atoms with Gasteiger partial charge in [0, 0.05) is 50.5 Å². The second kappa shape index (κ2) is 11.0. The molecule has 152 valence electrons. The monoisotopic (exact) mass is 487 g/mol. The third-order valence-electron chi connectivity index (χ3n) is 5.51. The van der Waals surface area contributed by atoms with E-state index in [1.807, 2.05) is 12.3 Å². The van der Waals surface area contributed by atoms with Crippen molar-refractivity contribution < 1.29 is 0 Å². The number of guanidine groups is 1. The number of nitrogens with two attached hydrogens (primary N) is 1. The van der Waals surface area contributed by atoms with E-state index in [0.717, 1.165) is 50.6 Å². The van der Waals surface area contributed by atoms with Gasteiger partial charge < -0.3 is 20.9 Å². The lowest BCUT2D eigenvalue weighted by Gasteiger charge is -2.34. The summed E-state index contributed by atoms with van der Waals surface area (Å²) in [6.07, 6.45) is 4.38. The van der Waals surface area contributed by atoms with Crippen molar-refractivity contribution in [3.63, 3.8) is 0 Å². The molecule has 0 bridgehead atoms. The third-order valence-corrected chi connectivity index (χ3v) is 5.51. The summed E-state index contributed by atoms with van der Waals surface area (Å²) in [5.41, 5.74) is 7.25. The largest absolute Gasteiger partial charge is 0.370 e. The van der Waals surface area contributed by atoms with Gasteiger partial charge in [0.05, 0.1) is 6.54 Å². The van der Waals surface area contributed by atoms with Gasteiger partial charge in [-0.2, -0.15) is 0 Å². The Hall–Kier alpha value is -1.13. The molecule has 1 aromatic rings. The van der Waals surface area contributed by atoms with Gasteiger partial charge in [-0.1, -0.05) is 13.0 Å². The SMILES string of the molecule is CCN1CCCC1CNC(N)=NCc1cccnc1N1CCN(C)CC1.I. The van der Waals surface area contributed by atoms with Gasteiger partial charge in [0.2, 0.25) is 0 Å². The van der Waals surface area contributed by atoms with Crippen LogP contribution in [0.5, 0.6) is 0 Å². The van der Waals surface area contributed by atoms with E-state index in [1.165, 1.54) is 19.4 Å². The molecule has 0 amide bonds. The van der Waals surface area contributed by atoms with Crippen molar-refractivity contribution in [1.29, 1.82) is 0 Å². The van der Waals surface area contributed by atoms with E-state index >= 15 is 0 Å². The zero-order valence-corrected chi connectivity index (χ0v) is 18.9. The number of nitrogens with one attached hydrogen (secondary N) is 1. The number of nitrogens with zero attached hydrogens (tertiary/aromatic N) is 5. The minimum absolute atomic E-state index is 0. The number of halogens is 1. The van der Waals surface area contributed by atoms with E-state index in [4.69, 9.17) is 5.73 Å². The fraction of sp³-hybridized carbons (Fsp3) is 0.684. The van der Waals surface area contributed by atoms with Gasteiger partial charge in [-0.05, 0) is 39.0 Å². The number of pyridine rings is 1. The maximum Gasteiger partial charge on any atom is 0.188 e. The van der Waals surface area contributed by atoms with Crippen LogP contribution in [-0.2, 0) is 6.54 Å². The van der Waals surface area contributed by atoms with Crippen molar-refractivity contribution in [2.24, 2.45) is 10.7 Å². The Labute approximate surface area is 180 Å². The molecule has 0 aromatic carbocycles. The highest BCUT2D eigenvalue weighted by Crippen LogP contribution is 2.19. The van der Waals surface area contributed by atoms with Crippen LogP contribution in [0, 0.1) is 0 Å². The number of likely N-dealkylation sites (tertiary alicyclic amines) is 1. The molecule has 0 aliphatic carbocycles. The van der Waals surface area contributed by atoms with Crippen LogP contribution in [0.1, 0.15) is 25.3 Å². The molecule has 2 fully saturated rings. The molecule has 3 N–H and O–H groups in total. The van der Waals surface area contributed by atoms with E-state index in [9.17, 15) is 0 Å². The van der Waals surface area contributed by atoms with Crippen molar-refractivity contribution in [2.75, 3.05) is 57.8 Å². The molecular formula is C19H34IN7. The number of likely N-dealkylation sites (N-methyl/N-ethyl adjacent to an activating group) is 2. The van der Waals surface area contributed by atoms with Gasteiger partial charge in [-0.25, -0.2) is 9.98 Å². The first-order valence-corrected chi connectivity index (χ1v) is 9.82. The topological polar surface area (TPSA) is 73.0 Å². The minimum atomic E-state index is 0. The second-order valence-electron chi connectivity index (χ2n) is 7.28. The lowest BCUT2D eigenvalue weighted by atomic mass is 10.2. The third kappa shape index (κ3) is 6.18. The summed E-state index contributed by atoms with van der Waals surface area (Å²) < 4.78 is 0. The summed E-state index contributed by atoms with van der Waals surface area (Å²) in [7, 11) is 2.16. The maximum absolute atomic E-state index is 6.11. The van der Waals surface area contributed by atoms with Crippen LogP contribution >= 0.6 is 24.0 Å². The average Bonchev–Trinajstić information content (AvgIpc) is 3.13. The van der Waals surface area contributed by atoms with Crippen LogP contribution in [-0.4, -0.2) is 79.6 Å². The molecule has 0 radical (unpaired) electrons. The molecule has 1 aromatic heterocycles. The lowest BCUT2D eigenvalue weighted by Crippen LogP contribution is -2.45. The fourth-order valence-electron chi connectivity index (χ4n) is 3.85. The number of hydrogen-bond acceptors (Lipinski definition) is 5. The summed E-state index contributed by atoms with van der Waals surface area (Å²) in [6.45, 7) is 10.1. The normalized spacial score (nSPS) is 21.9. The molecule has 7 nitrogen and oxygen atoms in total. The summed E-state index contributed by atoms with van der Waals surface area (Å²) in [4.78, 5) is 16.4. The van der Waals surface area contributed by atoms with Crippen molar-refractivity contribution in [1.82, 2.24) is 20.1 Å². The van der Waals surface area contributed by atoms with E-state index in [-0.39, 0.29) is 24.0 Å². The van der Waals surface area contributed by atoms with Crippen LogP contribution in [0.15, 0.2) is 23.3 Å². The van der Waals surface area contributed by atoms with Gasteiger partial charge in [0.1, 0.15) is 5.82 Å². The predicted molar refractivity (Wildman–Crippen MR) is 123 cm³/mol. The minimum Gasteiger partial charge on any atom is -0.370 e.